The van der Waals surface area contributed by atoms with Crippen LogP contribution in [0.25, 0.3) is 10.6 Å². The fourth-order valence-electron chi connectivity index (χ4n) is 4.73. The van der Waals surface area contributed by atoms with Crippen LogP contribution in [0.1, 0.15) is 24.0 Å². The summed E-state index contributed by atoms with van der Waals surface area (Å²) < 4.78 is 10.9. The van der Waals surface area contributed by atoms with Crippen molar-refractivity contribution in [2.24, 2.45) is 5.92 Å². The summed E-state index contributed by atoms with van der Waals surface area (Å²) in [5, 5.41) is 10.9. The molecule has 172 valence electrons. The van der Waals surface area contributed by atoms with Crippen LogP contribution in [0.2, 0.25) is 0 Å². The monoisotopic (exact) mass is 464 g/mol. The van der Waals surface area contributed by atoms with E-state index >= 15 is 0 Å². The molecule has 1 fully saturated rings. The zero-order chi connectivity index (χ0) is 22.8. The van der Waals surface area contributed by atoms with Crippen molar-refractivity contribution in [3.05, 3.63) is 52.9 Å². The first-order chi connectivity index (χ1) is 16.2. The van der Waals surface area contributed by atoms with E-state index in [0.717, 1.165) is 66.6 Å². The van der Waals surface area contributed by atoms with Gasteiger partial charge in [0.15, 0.2) is 17.3 Å². The van der Waals surface area contributed by atoms with Crippen LogP contribution in [-0.2, 0) is 17.8 Å². The molecule has 1 amide bonds. The second-order valence-electron chi connectivity index (χ2n) is 8.50. The van der Waals surface area contributed by atoms with Crippen molar-refractivity contribution in [1.82, 2.24) is 15.1 Å². The number of benzene rings is 1. The van der Waals surface area contributed by atoms with Crippen molar-refractivity contribution in [1.29, 1.82) is 0 Å². The number of piperidine rings is 1. The molecule has 0 spiro atoms. The van der Waals surface area contributed by atoms with Crippen molar-refractivity contribution >= 4 is 23.1 Å². The fraction of sp³-hybridized carbons (Fsp3) is 0.400. The number of aromatic nitrogens is 2. The molecule has 2 aliphatic rings. The predicted molar refractivity (Wildman–Crippen MR) is 129 cm³/mol. The second-order valence-corrected chi connectivity index (χ2v) is 9.45. The molecule has 0 unspecified atom stereocenters. The van der Waals surface area contributed by atoms with Gasteiger partial charge in [-0.3, -0.25) is 4.79 Å². The Balaban J connectivity index is 1.20. The van der Waals surface area contributed by atoms with E-state index in [1.807, 2.05) is 40.6 Å². The van der Waals surface area contributed by atoms with Crippen LogP contribution in [0.15, 0.2) is 41.8 Å². The molecule has 1 aromatic carbocycles. The number of nitrogens with zero attached hydrogens (tertiary/aromatic N) is 4. The highest BCUT2D eigenvalue weighted by Crippen LogP contribution is 2.34. The number of amides is 1. The Morgan fingerprint density at radius 2 is 1.76 bits per heavy atom. The van der Waals surface area contributed by atoms with Gasteiger partial charge in [0.1, 0.15) is 5.69 Å². The highest BCUT2D eigenvalue weighted by Gasteiger charge is 2.31. The lowest BCUT2D eigenvalue weighted by Gasteiger charge is -2.36. The number of fused-ring (bicyclic) bond motifs is 1. The smallest absolute Gasteiger partial charge is 0.226 e. The van der Waals surface area contributed by atoms with Gasteiger partial charge in [-0.15, -0.1) is 21.5 Å². The number of ether oxygens (including phenoxy) is 2. The normalized spacial score (nSPS) is 16.4. The first-order valence-corrected chi connectivity index (χ1v) is 12.2. The van der Waals surface area contributed by atoms with E-state index in [0.29, 0.717) is 12.3 Å². The molecule has 7 nitrogen and oxygen atoms in total. The molecule has 2 aliphatic heterocycles. The summed E-state index contributed by atoms with van der Waals surface area (Å²) in [4.78, 5) is 18.6. The number of carbonyl (C=O) groups is 1. The minimum Gasteiger partial charge on any atom is -0.493 e. The van der Waals surface area contributed by atoms with Crippen LogP contribution < -0.4 is 14.4 Å². The van der Waals surface area contributed by atoms with Gasteiger partial charge in [-0.1, -0.05) is 6.07 Å². The summed E-state index contributed by atoms with van der Waals surface area (Å²) in [5.41, 5.74) is 3.28. The van der Waals surface area contributed by atoms with Gasteiger partial charge in [0.25, 0.3) is 0 Å². The van der Waals surface area contributed by atoms with Crippen molar-refractivity contribution in [2.45, 2.75) is 25.8 Å². The third kappa shape index (κ3) is 4.39. The number of hydrogen-bond acceptors (Lipinski definition) is 7. The minimum absolute atomic E-state index is 0.0568. The van der Waals surface area contributed by atoms with E-state index in [-0.39, 0.29) is 11.8 Å². The molecule has 4 heterocycles. The van der Waals surface area contributed by atoms with Gasteiger partial charge in [-0.05, 0) is 66.1 Å². The van der Waals surface area contributed by atoms with Crippen molar-refractivity contribution in [2.75, 3.05) is 38.8 Å². The third-order valence-electron chi connectivity index (χ3n) is 6.62. The largest absolute Gasteiger partial charge is 0.493 e. The molecule has 3 aromatic rings. The molecule has 1 saturated heterocycles. The molecule has 0 bridgehead atoms. The van der Waals surface area contributed by atoms with Gasteiger partial charge in [0, 0.05) is 32.1 Å². The maximum atomic E-state index is 13.3. The standard InChI is InChI=1S/C25H28N4O3S/c1-31-21-14-18-9-12-29(16-19(18)15-22(21)32-2)25(30)17-7-10-28(11-8-17)24-6-5-20(26-27-24)23-4-3-13-33-23/h3-6,13-15,17H,7-12,16H2,1-2H3. The number of methoxy groups -OCH3 is 2. The topological polar surface area (TPSA) is 67.8 Å². The predicted octanol–water partition coefficient (Wildman–Crippen LogP) is 4.02. The quantitative estimate of drug-likeness (QED) is 0.568. The first-order valence-electron chi connectivity index (χ1n) is 11.3. The van der Waals surface area contributed by atoms with Crippen molar-refractivity contribution in [3.63, 3.8) is 0 Å². The van der Waals surface area contributed by atoms with Gasteiger partial charge in [0.05, 0.1) is 19.1 Å². The van der Waals surface area contributed by atoms with E-state index in [9.17, 15) is 4.79 Å². The second kappa shape index (κ2) is 9.39. The van der Waals surface area contributed by atoms with E-state index < -0.39 is 0 Å². The zero-order valence-electron chi connectivity index (χ0n) is 19.0. The average molecular weight is 465 g/mol. The molecule has 0 radical (unpaired) electrons. The Morgan fingerprint density at radius 1 is 1.00 bits per heavy atom. The zero-order valence-corrected chi connectivity index (χ0v) is 19.8. The number of anilines is 1. The fourth-order valence-corrected chi connectivity index (χ4v) is 5.43. The lowest BCUT2D eigenvalue weighted by Crippen LogP contribution is -2.44. The molecule has 8 heteroatoms. The molecule has 0 saturated carbocycles. The Hall–Kier alpha value is -3.13. The Bertz CT molecular complexity index is 1110. The van der Waals surface area contributed by atoms with Crippen LogP contribution in [0.4, 0.5) is 5.82 Å². The molecule has 0 N–H and O–H groups in total. The molecular formula is C25H28N4O3S. The number of thiophene rings is 1. The summed E-state index contributed by atoms with van der Waals surface area (Å²) in [7, 11) is 3.29. The SMILES string of the molecule is COc1cc2c(cc1OC)CN(C(=O)C1CCN(c3ccc(-c4cccs4)nn3)CC1)CC2. The van der Waals surface area contributed by atoms with Crippen LogP contribution in [0.5, 0.6) is 11.5 Å². The number of hydrogen-bond donors (Lipinski definition) is 0. The summed E-state index contributed by atoms with van der Waals surface area (Å²) in [6.07, 6.45) is 2.51. The minimum atomic E-state index is 0.0568. The van der Waals surface area contributed by atoms with Gasteiger partial charge in [0.2, 0.25) is 5.91 Å². The highest BCUT2D eigenvalue weighted by atomic mass is 32.1. The van der Waals surface area contributed by atoms with E-state index in [1.165, 1.54) is 5.56 Å². The van der Waals surface area contributed by atoms with Gasteiger partial charge in [-0.25, -0.2) is 0 Å². The van der Waals surface area contributed by atoms with Crippen LogP contribution >= 0.6 is 11.3 Å². The molecular weight excluding hydrogens is 436 g/mol. The molecule has 2 aromatic heterocycles. The Labute approximate surface area is 198 Å². The highest BCUT2D eigenvalue weighted by molar-refractivity contribution is 7.13. The van der Waals surface area contributed by atoms with Crippen LogP contribution in [-0.4, -0.2) is 54.9 Å². The third-order valence-corrected chi connectivity index (χ3v) is 7.51. The molecule has 33 heavy (non-hydrogen) atoms. The number of rotatable bonds is 5. The lowest BCUT2D eigenvalue weighted by atomic mass is 9.92. The summed E-state index contributed by atoms with van der Waals surface area (Å²) in [6.45, 7) is 3.01. The van der Waals surface area contributed by atoms with E-state index in [1.54, 1.807) is 25.6 Å². The summed E-state index contributed by atoms with van der Waals surface area (Å²) in [6, 6.07) is 12.2. The lowest BCUT2D eigenvalue weighted by molar-refractivity contribution is -0.137. The molecule has 5 rings (SSSR count). The Morgan fingerprint density at radius 3 is 2.39 bits per heavy atom. The van der Waals surface area contributed by atoms with Gasteiger partial charge < -0.3 is 19.3 Å². The molecule has 0 atom stereocenters. The number of carbonyl (C=O) groups excluding carboxylic acids is 1. The van der Waals surface area contributed by atoms with E-state index in [4.69, 9.17) is 9.47 Å². The van der Waals surface area contributed by atoms with Gasteiger partial charge in [-0.2, -0.15) is 0 Å². The molecule has 0 aliphatic carbocycles. The summed E-state index contributed by atoms with van der Waals surface area (Å²) >= 11 is 1.66. The van der Waals surface area contributed by atoms with Crippen LogP contribution in [0.3, 0.4) is 0 Å². The van der Waals surface area contributed by atoms with Gasteiger partial charge >= 0.3 is 0 Å². The average Bonchev–Trinajstić information content (AvgIpc) is 3.42. The van der Waals surface area contributed by atoms with Crippen molar-refractivity contribution in [3.8, 4) is 22.1 Å². The Kier molecular flexibility index (Phi) is 6.17. The first kappa shape index (κ1) is 21.7. The van der Waals surface area contributed by atoms with Crippen molar-refractivity contribution < 1.29 is 14.3 Å². The maximum absolute atomic E-state index is 13.3. The van der Waals surface area contributed by atoms with Crippen LogP contribution in [0, 0.1) is 5.92 Å². The maximum Gasteiger partial charge on any atom is 0.226 e. The summed E-state index contributed by atoms with van der Waals surface area (Å²) in [5.74, 6) is 2.66. The van der Waals surface area contributed by atoms with E-state index in [2.05, 4.69) is 21.2 Å².